The van der Waals surface area contributed by atoms with Gasteiger partial charge in [-0.2, -0.15) is 0 Å². The smallest absolute Gasteiger partial charge is 0.406 e. The molecule has 174 valence electrons. The van der Waals surface area contributed by atoms with Gasteiger partial charge in [0.05, 0.1) is 4.75 Å². The molecule has 0 aliphatic carbocycles. The molecule has 2 aromatic rings. The Morgan fingerprint density at radius 1 is 1.00 bits per heavy atom. The summed E-state index contributed by atoms with van der Waals surface area (Å²) in [4.78, 5) is 10.9. The van der Waals surface area contributed by atoms with E-state index in [-0.39, 0.29) is 10.5 Å². The maximum Gasteiger partial charge on any atom is 0.573 e. The summed E-state index contributed by atoms with van der Waals surface area (Å²) in [6, 6.07) is 5.58. The van der Waals surface area contributed by atoms with E-state index in [1.54, 1.807) is 12.4 Å². The van der Waals surface area contributed by atoms with E-state index in [1.807, 2.05) is 9.21 Å². The molecule has 32 heavy (non-hydrogen) atoms. The molecule has 3 heterocycles. The van der Waals surface area contributed by atoms with Gasteiger partial charge in [-0.05, 0) is 37.5 Å². The monoisotopic (exact) mass is 470 g/mol. The number of nitrogens with zero attached hydrogens (tertiary/aromatic N) is 4. The highest BCUT2D eigenvalue weighted by Gasteiger charge is 2.38. The van der Waals surface area contributed by atoms with E-state index in [9.17, 15) is 17.4 Å². The van der Waals surface area contributed by atoms with Crippen LogP contribution in [-0.4, -0.2) is 69.0 Å². The molecule has 2 aliphatic heterocycles. The summed E-state index contributed by atoms with van der Waals surface area (Å²) in [7, 11) is -1.06. The Bertz CT molecular complexity index is 927. The molecule has 0 N–H and O–H groups in total. The Hall–Kier alpha value is -2.24. The number of piperazine rings is 1. The van der Waals surface area contributed by atoms with Crippen LogP contribution in [0.1, 0.15) is 19.8 Å². The molecule has 0 spiro atoms. The summed E-state index contributed by atoms with van der Waals surface area (Å²) >= 11 is 0. The average molecular weight is 471 g/mol. The fourth-order valence-corrected chi connectivity index (χ4v) is 5.46. The Morgan fingerprint density at radius 3 is 2.16 bits per heavy atom. The number of anilines is 1. The van der Waals surface area contributed by atoms with Crippen molar-refractivity contribution in [3.05, 3.63) is 36.7 Å². The van der Waals surface area contributed by atoms with Gasteiger partial charge >= 0.3 is 6.36 Å². The molecule has 0 amide bonds. The second kappa shape index (κ2) is 9.32. The van der Waals surface area contributed by atoms with Crippen LogP contribution in [0.15, 0.2) is 36.7 Å². The average Bonchev–Trinajstić information content (AvgIpc) is 2.79. The van der Waals surface area contributed by atoms with E-state index < -0.39 is 17.3 Å². The lowest BCUT2D eigenvalue weighted by Gasteiger charge is -2.40. The Morgan fingerprint density at radius 2 is 1.59 bits per heavy atom. The zero-order valence-corrected chi connectivity index (χ0v) is 18.5. The lowest BCUT2D eigenvalue weighted by atomic mass is 10.0. The van der Waals surface area contributed by atoms with Crippen molar-refractivity contribution in [3.63, 3.8) is 0 Å². The molecule has 7 nitrogen and oxygen atoms in total. The lowest BCUT2D eigenvalue weighted by molar-refractivity contribution is -0.274. The number of rotatable bonds is 5. The molecule has 1 atom stereocenters. The maximum absolute atomic E-state index is 13.1. The van der Waals surface area contributed by atoms with E-state index in [0.29, 0.717) is 56.5 Å². The van der Waals surface area contributed by atoms with Crippen LogP contribution in [0.2, 0.25) is 0 Å². The van der Waals surface area contributed by atoms with Gasteiger partial charge < -0.3 is 14.4 Å². The molecule has 0 saturated carbocycles. The summed E-state index contributed by atoms with van der Waals surface area (Å²) in [6.45, 7) is 6.04. The molecule has 0 radical (unpaired) electrons. The number of hydrogen-bond acceptors (Lipinski definition) is 6. The van der Waals surface area contributed by atoms with Crippen LogP contribution in [0.25, 0.3) is 11.1 Å². The number of aromatic nitrogens is 2. The topological polar surface area (TPSA) is 67.8 Å². The maximum atomic E-state index is 13.1. The molecule has 2 saturated heterocycles. The minimum Gasteiger partial charge on any atom is -0.406 e. The molecule has 11 heteroatoms. The standard InChI is InChI=1S/C21H25F3N4O3S/c1-20(6-12-30-13-7-20)32(29)28-10-8-27(9-11-28)19-25-14-17(15-26-19)16-2-4-18(5-3-16)31-21(22,23)24/h2-5,14-15H,6-13H2,1H3. The zero-order chi connectivity index (χ0) is 22.8. The van der Waals surface area contributed by atoms with Crippen molar-refractivity contribution >= 4 is 16.9 Å². The van der Waals surface area contributed by atoms with E-state index in [0.717, 1.165) is 12.8 Å². The fourth-order valence-electron chi connectivity index (χ4n) is 3.83. The SMILES string of the molecule is CC1(S(=O)N2CCN(c3ncc(-c4ccc(OC(F)(F)F)cc4)cn3)CC2)CCOCC1. The van der Waals surface area contributed by atoms with Crippen LogP contribution < -0.4 is 9.64 Å². The van der Waals surface area contributed by atoms with Crippen LogP contribution in [0.3, 0.4) is 0 Å². The van der Waals surface area contributed by atoms with Gasteiger partial charge in [-0.3, -0.25) is 0 Å². The summed E-state index contributed by atoms with van der Waals surface area (Å²) in [5.41, 5.74) is 1.38. The van der Waals surface area contributed by atoms with Gasteiger partial charge in [-0.1, -0.05) is 12.1 Å². The predicted molar refractivity (Wildman–Crippen MR) is 115 cm³/mol. The van der Waals surface area contributed by atoms with Crippen LogP contribution in [0, 0.1) is 0 Å². The van der Waals surface area contributed by atoms with E-state index >= 15 is 0 Å². The van der Waals surface area contributed by atoms with Crippen LogP contribution in [0.4, 0.5) is 19.1 Å². The zero-order valence-electron chi connectivity index (χ0n) is 17.7. The van der Waals surface area contributed by atoms with Crippen molar-refractivity contribution in [3.8, 4) is 16.9 Å². The third-order valence-electron chi connectivity index (χ3n) is 5.79. The van der Waals surface area contributed by atoms with Gasteiger partial charge in [-0.15, -0.1) is 13.2 Å². The largest absolute Gasteiger partial charge is 0.573 e. The molecular weight excluding hydrogens is 445 g/mol. The van der Waals surface area contributed by atoms with Gasteiger partial charge in [0, 0.05) is 57.3 Å². The van der Waals surface area contributed by atoms with Gasteiger partial charge in [0.1, 0.15) is 16.7 Å². The van der Waals surface area contributed by atoms with E-state index in [2.05, 4.69) is 21.6 Å². The van der Waals surface area contributed by atoms with Gasteiger partial charge in [0.15, 0.2) is 0 Å². The molecule has 1 aromatic heterocycles. The van der Waals surface area contributed by atoms with Crippen molar-refractivity contribution in [2.24, 2.45) is 0 Å². The van der Waals surface area contributed by atoms with Crippen molar-refractivity contribution in [2.75, 3.05) is 44.3 Å². The number of alkyl halides is 3. The number of halogens is 3. The summed E-state index contributed by atoms with van der Waals surface area (Å²) in [5.74, 6) is 0.303. The number of ether oxygens (including phenoxy) is 2. The van der Waals surface area contributed by atoms with E-state index in [1.165, 1.54) is 24.3 Å². The van der Waals surface area contributed by atoms with Crippen molar-refractivity contribution in [1.29, 1.82) is 0 Å². The number of hydrogen-bond donors (Lipinski definition) is 0. The minimum absolute atomic E-state index is 0.237. The van der Waals surface area contributed by atoms with E-state index in [4.69, 9.17) is 4.74 Å². The third kappa shape index (κ3) is 5.38. The summed E-state index contributed by atoms with van der Waals surface area (Å²) in [5, 5.41) is 0. The Kier molecular flexibility index (Phi) is 6.68. The second-order valence-electron chi connectivity index (χ2n) is 8.07. The molecule has 1 unspecified atom stereocenters. The second-order valence-corrected chi connectivity index (χ2v) is 10.1. The molecule has 2 aliphatic rings. The predicted octanol–water partition coefficient (Wildman–Crippen LogP) is 3.40. The van der Waals surface area contributed by atoms with Crippen molar-refractivity contribution in [2.45, 2.75) is 30.9 Å². The lowest BCUT2D eigenvalue weighted by Crippen LogP contribution is -2.53. The first-order valence-corrected chi connectivity index (χ1v) is 11.5. The highest BCUT2D eigenvalue weighted by Crippen LogP contribution is 2.30. The Balaban J connectivity index is 1.34. The van der Waals surface area contributed by atoms with Crippen molar-refractivity contribution in [1.82, 2.24) is 14.3 Å². The van der Waals surface area contributed by atoms with Crippen molar-refractivity contribution < 1.29 is 26.9 Å². The first kappa shape index (κ1) is 22.9. The summed E-state index contributed by atoms with van der Waals surface area (Å²) in [6.07, 6.45) is 0.179. The third-order valence-corrected chi connectivity index (χ3v) is 7.87. The van der Waals surface area contributed by atoms with Gasteiger partial charge in [0.2, 0.25) is 5.95 Å². The minimum atomic E-state index is -4.72. The highest BCUT2D eigenvalue weighted by atomic mass is 32.2. The normalized spacial score (nSPS) is 20.7. The summed E-state index contributed by atoms with van der Waals surface area (Å²) < 4.78 is 61.1. The van der Waals surface area contributed by atoms with Crippen LogP contribution in [0.5, 0.6) is 5.75 Å². The quantitative estimate of drug-likeness (QED) is 0.668. The molecule has 4 rings (SSSR count). The number of benzene rings is 1. The fraction of sp³-hybridized carbons (Fsp3) is 0.524. The molecule has 2 fully saturated rings. The Labute approximate surface area is 187 Å². The van der Waals surface area contributed by atoms with Crippen LogP contribution in [-0.2, 0) is 15.7 Å². The van der Waals surface area contributed by atoms with Gasteiger partial charge in [-0.25, -0.2) is 18.5 Å². The highest BCUT2D eigenvalue weighted by molar-refractivity contribution is 7.84. The first-order chi connectivity index (χ1) is 15.2. The molecular formula is C21H25F3N4O3S. The first-order valence-electron chi connectivity index (χ1n) is 10.4. The van der Waals surface area contributed by atoms with Gasteiger partial charge in [0.25, 0.3) is 0 Å². The molecule has 1 aromatic carbocycles. The molecule has 0 bridgehead atoms. The van der Waals surface area contributed by atoms with Crippen LogP contribution >= 0.6 is 0 Å².